The maximum atomic E-state index is 12.7. The fourth-order valence-electron chi connectivity index (χ4n) is 2.73. The zero-order valence-electron chi connectivity index (χ0n) is 15.4. The number of rotatable bonds is 8. The van der Waals surface area contributed by atoms with Crippen LogP contribution in [0.3, 0.4) is 0 Å². The monoisotopic (exact) mass is 374 g/mol. The van der Waals surface area contributed by atoms with Crippen molar-refractivity contribution in [2.45, 2.75) is 13.0 Å². The highest BCUT2D eigenvalue weighted by atomic mass is 16.2. The molecule has 0 saturated heterocycles. The van der Waals surface area contributed by atoms with Crippen molar-refractivity contribution in [3.05, 3.63) is 90.3 Å². The van der Waals surface area contributed by atoms with Crippen LogP contribution < -0.4 is 5.73 Å². The fourth-order valence-corrected chi connectivity index (χ4v) is 2.73. The Labute approximate surface area is 163 Å². The Morgan fingerprint density at radius 2 is 1.71 bits per heavy atom. The number of carbonyl (C=O) groups is 2. The lowest BCUT2D eigenvalue weighted by Gasteiger charge is -2.20. The number of amides is 2. The van der Waals surface area contributed by atoms with Crippen molar-refractivity contribution >= 4 is 17.9 Å². The summed E-state index contributed by atoms with van der Waals surface area (Å²) in [4.78, 5) is 25.4. The first kappa shape index (κ1) is 19.1. The molecule has 142 valence electrons. The Morgan fingerprint density at radius 1 is 1.04 bits per heavy atom. The van der Waals surface area contributed by atoms with Gasteiger partial charge in [-0.15, -0.1) is 0 Å². The van der Waals surface area contributed by atoms with Crippen LogP contribution in [0.15, 0.2) is 79.1 Å². The van der Waals surface area contributed by atoms with E-state index in [1.165, 1.54) is 6.08 Å². The molecular formula is C22H22N4O2. The third kappa shape index (κ3) is 5.41. The lowest BCUT2D eigenvalue weighted by atomic mass is 10.2. The van der Waals surface area contributed by atoms with E-state index in [9.17, 15) is 9.59 Å². The van der Waals surface area contributed by atoms with E-state index in [0.717, 1.165) is 16.8 Å². The van der Waals surface area contributed by atoms with Crippen LogP contribution >= 0.6 is 0 Å². The predicted octanol–water partition coefficient (Wildman–Crippen LogP) is 2.79. The van der Waals surface area contributed by atoms with Crippen molar-refractivity contribution in [3.8, 4) is 5.69 Å². The number of primary amides is 1. The molecule has 0 fully saturated rings. The van der Waals surface area contributed by atoms with Crippen LogP contribution in [0.25, 0.3) is 11.8 Å². The van der Waals surface area contributed by atoms with Gasteiger partial charge in [0.05, 0.1) is 11.9 Å². The molecule has 0 unspecified atom stereocenters. The van der Waals surface area contributed by atoms with Crippen LogP contribution in [0.4, 0.5) is 0 Å². The molecule has 0 spiro atoms. The third-order valence-corrected chi connectivity index (χ3v) is 4.20. The summed E-state index contributed by atoms with van der Waals surface area (Å²) in [5, 5.41) is 4.32. The lowest BCUT2D eigenvalue weighted by molar-refractivity contribution is -0.127. The first-order valence-corrected chi connectivity index (χ1v) is 9.01. The second-order valence-corrected chi connectivity index (χ2v) is 6.35. The van der Waals surface area contributed by atoms with Gasteiger partial charge in [-0.2, -0.15) is 5.10 Å². The zero-order chi connectivity index (χ0) is 19.8. The smallest absolute Gasteiger partial charge is 0.246 e. The summed E-state index contributed by atoms with van der Waals surface area (Å²) in [7, 11) is 0. The average molecular weight is 374 g/mol. The van der Waals surface area contributed by atoms with E-state index >= 15 is 0 Å². The number of nitrogens with two attached hydrogens (primary N) is 1. The van der Waals surface area contributed by atoms with Gasteiger partial charge in [0.1, 0.15) is 0 Å². The molecule has 2 N–H and O–H groups in total. The minimum atomic E-state index is -0.432. The van der Waals surface area contributed by atoms with Crippen molar-refractivity contribution in [2.75, 3.05) is 6.54 Å². The van der Waals surface area contributed by atoms with E-state index in [-0.39, 0.29) is 18.9 Å². The number of nitrogens with zero attached hydrogens (tertiary/aromatic N) is 3. The summed E-state index contributed by atoms with van der Waals surface area (Å²) in [6.45, 7) is 0.692. The molecule has 1 aromatic heterocycles. The molecule has 0 atom stereocenters. The third-order valence-electron chi connectivity index (χ3n) is 4.20. The molecule has 2 aromatic carbocycles. The summed E-state index contributed by atoms with van der Waals surface area (Å²) < 4.78 is 1.75. The van der Waals surface area contributed by atoms with Crippen molar-refractivity contribution in [1.29, 1.82) is 0 Å². The molecule has 28 heavy (non-hydrogen) atoms. The Morgan fingerprint density at radius 3 is 2.39 bits per heavy atom. The molecule has 0 bridgehead atoms. The molecule has 6 nitrogen and oxygen atoms in total. The second kappa shape index (κ2) is 9.32. The SMILES string of the molecule is NC(=O)CCN(Cc1ccccc1)C(=O)/C=C/c1cnn(-c2ccccc2)c1. The van der Waals surface area contributed by atoms with E-state index in [1.54, 1.807) is 21.9 Å². The van der Waals surface area contributed by atoms with Crippen LogP contribution in [-0.2, 0) is 16.1 Å². The Balaban J connectivity index is 1.70. The molecule has 6 heteroatoms. The summed E-state index contributed by atoms with van der Waals surface area (Å²) in [5.74, 6) is -0.614. The van der Waals surface area contributed by atoms with Gasteiger partial charge >= 0.3 is 0 Å². The summed E-state index contributed by atoms with van der Waals surface area (Å²) in [6, 6.07) is 19.4. The van der Waals surface area contributed by atoms with Gasteiger partial charge in [-0.1, -0.05) is 48.5 Å². The number of benzene rings is 2. The molecule has 3 rings (SSSR count). The van der Waals surface area contributed by atoms with Crippen molar-refractivity contribution in [1.82, 2.24) is 14.7 Å². The number of hydrogen-bond acceptors (Lipinski definition) is 3. The van der Waals surface area contributed by atoms with Crippen molar-refractivity contribution in [2.24, 2.45) is 5.73 Å². The topological polar surface area (TPSA) is 81.2 Å². The highest BCUT2D eigenvalue weighted by molar-refractivity contribution is 5.92. The average Bonchev–Trinajstić information content (AvgIpc) is 3.20. The highest BCUT2D eigenvalue weighted by Gasteiger charge is 2.12. The predicted molar refractivity (Wildman–Crippen MR) is 108 cm³/mol. The number of hydrogen-bond donors (Lipinski definition) is 1. The molecule has 3 aromatic rings. The number of para-hydroxylation sites is 1. The van der Waals surface area contributed by atoms with E-state index in [0.29, 0.717) is 6.54 Å². The minimum absolute atomic E-state index is 0.123. The van der Waals surface area contributed by atoms with Gasteiger partial charge in [-0.25, -0.2) is 4.68 Å². The second-order valence-electron chi connectivity index (χ2n) is 6.35. The van der Waals surface area contributed by atoms with E-state index in [1.807, 2.05) is 66.9 Å². The van der Waals surface area contributed by atoms with E-state index in [2.05, 4.69) is 5.10 Å². The first-order chi connectivity index (χ1) is 13.6. The van der Waals surface area contributed by atoms with Gasteiger partial charge in [0.15, 0.2) is 0 Å². The normalized spacial score (nSPS) is 10.9. The molecule has 0 aliphatic carbocycles. The minimum Gasteiger partial charge on any atom is -0.370 e. The standard InChI is InChI=1S/C22H22N4O2/c23-21(27)13-14-25(16-18-7-3-1-4-8-18)22(28)12-11-19-15-24-26(17-19)20-9-5-2-6-10-20/h1-12,15,17H,13-14,16H2,(H2,23,27)/b12-11+. The maximum absolute atomic E-state index is 12.7. The molecule has 0 aliphatic rings. The molecular weight excluding hydrogens is 352 g/mol. The summed E-state index contributed by atoms with van der Waals surface area (Å²) >= 11 is 0. The summed E-state index contributed by atoms with van der Waals surface area (Å²) in [6.07, 6.45) is 6.89. The zero-order valence-corrected chi connectivity index (χ0v) is 15.4. The van der Waals surface area contributed by atoms with Crippen molar-refractivity contribution < 1.29 is 9.59 Å². The number of carbonyl (C=O) groups excluding carboxylic acids is 2. The molecule has 0 saturated carbocycles. The number of aromatic nitrogens is 2. The quantitative estimate of drug-likeness (QED) is 0.616. The fraction of sp³-hybridized carbons (Fsp3) is 0.136. The molecule has 0 radical (unpaired) electrons. The summed E-state index contributed by atoms with van der Waals surface area (Å²) in [5.41, 5.74) is 8.00. The van der Waals surface area contributed by atoms with Crippen LogP contribution in [0.2, 0.25) is 0 Å². The van der Waals surface area contributed by atoms with Gasteiger partial charge < -0.3 is 10.6 Å². The van der Waals surface area contributed by atoms with Crippen molar-refractivity contribution in [3.63, 3.8) is 0 Å². The Hall–Kier alpha value is -3.67. The van der Waals surface area contributed by atoms with Gasteiger partial charge in [-0.3, -0.25) is 9.59 Å². The lowest BCUT2D eigenvalue weighted by Crippen LogP contribution is -2.32. The van der Waals surface area contributed by atoms with Gasteiger partial charge in [0.25, 0.3) is 0 Å². The van der Waals surface area contributed by atoms with Gasteiger partial charge in [0, 0.05) is 37.3 Å². The molecule has 2 amide bonds. The molecule has 1 heterocycles. The van der Waals surface area contributed by atoms with Crippen LogP contribution in [0, 0.1) is 0 Å². The van der Waals surface area contributed by atoms with Crippen LogP contribution in [-0.4, -0.2) is 33.0 Å². The molecule has 0 aliphatic heterocycles. The van der Waals surface area contributed by atoms with Gasteiger partial charge in [-0.05, 0) is 23.8 Å². The Kier molecular flexibility index (Phi) is 6.36. The first-order valence-electron chi connectivity index (χ1n) is 9.01. The van der Waals surface area contributed by atoms with Crippen LogP contribution in [0.5, 0.6) is 0 Å². The largest absolute Gasteiger partial charge is 0.370 e. The van der Waals surface area contributed by atoms with Gasteiger partial charge in [0.2, 0.25) is 11.8 Å². The van der Waals surface area contributed by atoms with E-state index in [4.69, 9.17) is 5.73 Å². The maximum Gasteiger partial charge on any atom is 0.246 e. The van der Waals surface area contributed by atoms with Crippen LogP contribution in [0.1, 0.15) is 17.5 Å². The Bertz CT molecular complexity index is 949. The highest BCUT2D eigenvalue weighted by Crippen LogP contribution is 2.10. The van der Waals surface area contributed by atoms with E-state index < -0.39 is 5.91 Å².